The summed E-state index contributed by atoms with van der Waals surface area (Å²) in [6, 6.07) is 12.8. The van der Waals surface area contributed by atoms with Crippen molar-refractivity contribution in [1.82, 2.24) is 10.2 Å². The lowest BCUT2D eigenvalue weighted by molar-refractivity contribution is 0.0948. The van der Waals surface area contributed by atoms with E-state index in [-0.39, 0.29) is 5.91 Å². The van der Waals surface area contributed by atoms with Crippen LogP contribution in [0.3, 0.4) is 0 Å². The number of benzene rings is 2. The van der Waals surface area contributed by atoms with Crippen LogP contribution in [0.15, 0.2) is 42.5 Å². The van der Waals surface area contributed by atoms with Gasteiger partial charge in [-0.15, -0.1) is 0 Å². The number of carbonyl (C=O) groups is 1. The van der Waals surface area contributed by atoms with Gasteiger partial charge in [-0.05, 0) is 43.9 Å². The summed E-state index contributed by atoms with van der Waals surface area (Å²) >= 11 is 0. The molecule has 0 aromatic heterocycles. The molecular weight excluding hydrogens is 332 g/mol. The summed E-state index contributed by atoms with van der Waals surface area (Å²) in [5, 5.41) is 2.90. The number of amides is 1. The first-order chi connectivity index (χ1) is 12.5. The van der Waals surface area contributed by atoms with Gasteiger partial charge < -0.3 is 24.4 Å². The fraction of sp³-hybridized carbons (Fsp3) is 0.350. The molecule has 140 valence electrons. The number of hydrogen-bond donors (Lipinski definition) is 1. The SMILES string of the molecule is COc1ccc(C(=O)NCc2ccc(OCCN(C)C)cc2)c(OC)c1. The highest BCUT2D eigenvalue weighted by atomic mass is 16.5. The minimum absolute atomic E-state index is 0.198. The predicted molar refractivity (Wildman–Crippen MR) is 101 cm³/mol. The first-order valence-corrected chi connectivity index (χ1v) is 8.40. The van der Waals surface area contributed by atoms with E-state index in [2.05, 4.69) is 10.2 Å². The van der Waals surface area contributed by atoms with Crippen LogP contribution >= 0.6 is 0 Å². The highest BCUT2D eigenvalue weighted by molar-refractivity contribution is 5.97. The monoisotopic (exact) mass is 358 g/mol. The summed E-state index contributed by atoms with van der Waals surface area (Å²) in [6.07, 6.45) is 0. The zero-order chi connectivity index (χ0) is 18.9. The van der Waals surface area contributed by atoms with Crippen LogP contribution in [0.1, 0.15) is 15.9 Å². The zero-order valence-electron chi connectivity index (χ0n) is 15.7. The Kier molecular flexibility index (Phi) is 7.29. The molecule has 0 atom stereocenters. The van der Waals surface area contributed by atoms with E-state index < -0.39 is 0 Å². The number of rotatable bonds is 9. The second kappa shape index (κ2) is 9.68. The van der Waals surface area contributed by atoms with Gasteiger partial charge in [-0.3, -0.25) is 4.79 Å². The fourth-order valence-electron chi connectivity index (χ4n) is 2.31. The molecule has 26 heavy (non-hydrogen) atoms. The van der Waals surface area contributed by atoms with Gasteiger partial charge in [-0.1, -0.05) is 12.1 Å². The van der Waals surface area contributed by atoms with Crippen molar-refractivity contribution in [3.05, 3.63) is 53.6 Å². The fourth-order valence-corrected chi connectivity index (χ4v) is 2.31. The summed E-state index contributed by atoms with van der Waals surface area (Å²) in [6.45, 7) is 1.92. The lowest BCUT2D eigenvalue weighted by atomic mass is 10.1. The molecule has 0 unspecified atom stereocenters. The van der Waals surface area contributed by atoms with Crippen molar-refractivity contribution in [2.24, 2.45) is 0 Å². The maximum absolute atomic E-state index is 12.4. The molecule has 2 aromatic rings. The highest BCUT2D eigenvalue weighted by Gasteiger charge is 2.13. The van der Waals surface area contributed by atoms with Crippen LogP contribution in [-0.4, -0.2) is 52.3 Å². The number of hydrogen-bond acceptors (Lipinski definition) is 5. The molecule has 0 radical (unpaired) electrons. The molecule has 0 saturated heterocycles. The summed E-state index contributed by atoms with van der Waals surface area (Å²) in [4.78, 5) is 14.5. The van der Waals surface area contributed by atoms with E-state index in [0.717, 1.165) is 17.9 Å². The van der Waals surface area contributed by atoms with Crippen LogP contribution in [0, 0.1) is 0 Å². The van der Waals surface area contributed by atoms with Gasteiger partial charge in [0.15, 0.2) is 0 Å². The van der Waals surface area contributed by atoms with Crippen molar-refractivity contribution < 1.29 is 19.0 Å². The summed E-state index contributed by atoms with van der Waals surface area (Å²) < 4.78 is 16.1. The molecule has 6 heteroatoms. The maximum Gasteiger partial charge on any atom is 0.255 e. The normalized spacial score (nSPS) is 10.5. The van der Waals surface area contributed by atoms with Gasteiger partial charge in [-0.2, -0.15) is 0 Å². The van der Waals surface area contributed by atoms with Gasteiger partial charge in [0.1, 0.15) is 23.9 Å². The minimum Gasteiger partial charge on any atom is -0.497 e. The number of carbonyl (C=O) groups excluding carboxylic acids is 1. The van der Waals surface area contributed by atoms with E-state index in [0.29, 0.717) is 30.2 Å². The van der Waals surface area contributed by atoms with E-state index in [1.54, 1.807) is 25.3 Å². The molecule has 0 saturated carbocycles. The Bertz CT molecular complexity index is 714. The topological polar surface area (TPSA) is 60.0 Å². The summed E-state index contributed by atoms with van der Waals surface area (Å²) in [7, 11) is 7.11. The number of likely N-dealkylation sites (N-methyl/N-ethyl adjacent to an activating group) is 1. The van der Waals surface area contributed by atoms with E-state index >= 15 is 0 Å². The van der Waals surface area contributed by atoms with Gasteiger partial charge in [-0.25, -0.2) is 0 Å². The molecule has 2 aromatic carbocycles. The Morgan fingerprint density at radius 1 is 1.00 bits per heavy atom. The van der Waals surface area contributed by atoms with Crippen molar-refractivity contribution in [1.29, 1.82) is 0 Å². The van der Waals surface area contributed by atoms with Crippen LogP contribution in [0.4, 0.5) is 0 Å². The van der Waals surface area contributed by atoms with Gasteiger partial charge in [0, 0.05) is 19.2 Å². The maximum atomic E-state index is 12.4. The molecule has 0 fully saturated rings. The average Bonchev–Trinajstić information content (AvgIpc) is 2.66. The number of nitrogens with zero attached hydrogens (tertiary/aromatic N) is 1. The first kappa shape index (κ1) is 19.6. The van der Waals surface area contributed by atoms with Crippen LogP contribution in [-0.2, 0) is 6.54 Å². The van der Waals surface area contributed by atoms with E-state index in [9.17, 15) is 4.79 Å². The number of methoxy groups -OCH3 is 2. The molecule has 0 aliphatic rings. The Hall–Kier alpha value is -2.73. The van der Waals surface area contributed by atoms with Gasteiger partial charge in [0.25, 0.3) is 5.91 Å². The number of nitrogens with one attached hydrogen (secondary N) is 1. The molecule has 0 heterocycles. The highest BCUT2D eigenvalue weighted by Crippen LogP contribution is 2.24. The van der Waals surface area contributed by atoms with Gasteiger partial charge >= 0.3 is 0 Å². The zero-order valence-corrected chi connectivity index (χ0v) is 15.7. The third-order valence-corrected chi connectivity index (χ3v) is 3.84. The summed E-state index contributed by atoms with van der Waals surface area (Å²) in [5.74, 6) is 1.74. The van der Waals surface area contributed by atoms with Crippen LogP contribution in [0.2, 0.25) is 0 Å². The number of ether oxygens (including phenoxy) is 3. The van der Waals surface area contributed by atoms with E-state index in [1.807, 2.05) is 38.4 Å². The molecule has 0 aliphatic carbocycles. The summed E-state index contributed by atoms with van der Waals surface area (Å²) in [5.41, 5.74) is 1.46. The lowest BCUT2D eigenvalue weighted by Crippen LogP contribution is -2.23. The van der Waals surface area contributed by atoms with E-state index in [1.165, 1.54) is 7.11 Å². The molecule has 2 rings (SSSR count). The Balaban J connectivity index is 1.91. The lowest BCUT2D eigenvalue weighted by Gasteiger charge is -2.12. The van der Waals surface area contributed by atoms with Gasteiger partial charge in [0.2, 0.25) is 0 Å². The van der Waals surface area contributed by atoms with Crippen LogP contribution in [0.5, 0.6) is 17.2 Å². The van der Waals surface area contributed by atoms with Crippen LogP contribution < -0.4 is 19.5 Å². The standard InChI is InChI=1S/C20H26N2O4/c1-22(2)11-12-26-16-7-5-15(6-8-16)14-21-20(23)18-10-9-17(24-3)13-19(18)25-4/h5-10,13H,11-12,14H2,1-4H3,(H,21,23). The Morgan fingerprint density at radius 3 is 2.31 bits per heavy atom. The third kappa shape index (κ3) is 5.67. The van der Waals surface area contributed by atoms with E-state index in [4.69, 9.17) is 14.2 Å². The van der Waals surface area contributed by atoms with Crippen molar-refractivity contribution in [2.75, 3.05) is 41.5 Å². The average molecular weight is 358 g/mol. The van der Waals surface area contributed by atoms with Crippen molar-refractivity contribution in [3.8, 4) is 17.2 Å². The smallest absolute Gasteiger partial charge is 0.255 e. The van der Waals surface area contributed by atoms with Crippen molar-refractivity contribution in [2.45, 2.75) is 6.54 Å². The van der Waals surface area contributed by atoms with Crippen molar-refractivity contribution >= 4 is 5.91 Å². The largest absolute Gasteiger partial charge is 0.497 e. The van der Waals surface area contributed by atoms with Gasteiger partial charge in [0.05, 0.1) is 19.8 Å². The molecule has 6 nitrogen and oxygen atoms in total. The predicted octanol–water partition coefficient (Wildman–Crippen LogP) is 2.57. The molecule has 1 N–H and O–H groups in total. The molecule has 0 aliphatic heterocycles. The second-order valence-corrected chi connectivity index (χ2v) is 6.04. The molecular formula is C20H26N2O4. The first-order valence-electron chi connectivity index (χ1n) is 8.40. The second-order valence-electron chi connectivity index (χ2n) is 6.04. The molecule has 1 amide bonds. The third-order valence-electron chi connectivity index (χ3n) is 3.84. The molecule has 0 spiro atoms. The minimum atomic E-state index is -0.198. The Morgan fingerprint density at radius 2 is 1.69 bits per heavy atom. The molecule has 0 bridgehead atoms. The van der Waals surface area contributed by atoms with Crippen molar-refractivity contribution in [3.63, 3.8) is 0 Å². The Labute approximate surface area is 154 Å². The quantitative estimate of drug-likeness (QED) is 0.747. The van der Waals surface area contributed by atoms with Crippen LogP contribution in [0.25, 0.3) is 0 Å².